The van der Waals surface area contributed by atoms with Crippen molar-refractivity contribution in [3.63, 3.8) is 0 Å². The average Bonchev–Trinajstić information content (AvgIpc) is 3.12. The molecule has 0 aliphatic carbocycles. The molecule has 174 valence electrons. The number of nitrogens with zero attached hydrogens (tertiary/aromatic N) is 3. The molecule has 8 heteroatoms. The molecule has 0 radical (unpaired) electrons. The lowest BCUT2D eigenvalue weighted by atomic mass is 10.1. The molecule has 0 N–H and O–H groups in total. The number of rotatable bonds is 7. The number of carbonyl (C=O) groups is 2. The average molecular weight is 461 g/mol. The smallest absolute Gasteiger partial charge is 0.306 e. The Morgan fingerprint density at radius 2 is 1.82 bits per heavy atom. The molecule has 0 saturated heterocycles. The van der Waals surface area contributed by atoms with Crippen molar-refractivity contribution in [1.29, 1.82) is 0 Å². The van der Waals surface area contributed by atoms with Crippen LogP contribution < -0.4 is 5.56 Å². The van der Waals surface area contributed by atoms with E-state index in [4.69, 9.17) is 4.74 Å². The lowest BCUT2D eigenvalue weighted by Gasteiger charge is -2.10. The maximum atomic E-state index is 13.6. The Kier molecular flexibility index (Phi) is 6.40. The van der Waals surface area contributed by atoms with Crippen LogP contribution in [0, 0.1) is 19.7 Å². The molecule has 4 rings (SSSR count). The Morgan fingerprint density at radius 1 is 1.06 bits per heavy atom. The molecule has 7 nitrogen and oxygen atoms in total. The molecule has 0 saturated carbocycles. The summed E-state index contributed by atoms with van der Waals surface area (Å²) in [5.74, 6) is -0.814. The van der Waals surface area contributed by atoms with Gasteiger partial charge in [0.1, 0.15) is 11.6 Å². The molecule has 0 atom stereocenters. The molecule has 0 amide bonds. The highest BCUT2D eigenvalue weighted by Crippen LogP contribution is 2.22. The minimum absolute atomic E-state index is 0.0196. The van der Waals surface area contributed by atoms with E-state index >= 15 is 0 Å². The molecular formula is C26H24FN3O4. The first kappa shape index (κ1) is 23.1. The van der Waals surface area contributed by atoms with Crippen LogP contribution in [0.4, 0.5) is 4.39 Å². The zero-order valence-corrected chi connectivity index (χ0v) is 19.2. The summed E-state index contributed by atoms with van der Waals surface area (Å²) in [4.78, 5) is 42.0. The summed E-state index contributed by atoms with van der Waals surface area (Å²) in [6.45, 7) is 3.18. The predicted octanol–water partition coefficient (Wildman–Crippen LogP) is 3.84. The first-order valence-electron chi connectivity index (χ1n) is 10.8. The van der Waals surface area contributed by atoms with E-state index in [1.807, 2.05) is 6.92 Å². The Morgan fingerprint density at radius 3 is 2.59 bits per heavy atom. The zero-order chi connectivity index (χ0) is 24.4. The lowest BCUT2D eigenvalue weighted by Crippen LogP contribution is -2.23. The molecule has 0 fully saturated rings. The highest BCUT2D eigenvalue weighted by Gasteiger charge is 2.19. The summed E-state index contributed by atoms with van der Waals surface area (Å²) < 4.78 is 22.0. The minimum Gasteiger partial charge on any atom is -0.457 e. The summed E-state index contributed by atoms with van der Waals surface area (Å²) in [6.07, 6.45) is 0.186. The van der Waals surface area contributed by atoms with Crippen LogP contribution in [-0.2, 0) is 23.0 Å². The summed E-state index contributed by atoms with van der Waals surface area (Å²) in [6, 6.07) is 14.8. The van der Waals surface area contributed by atoms with Gasteiger partial charge in [0.05, 0.1) is 17.3 Å². The van der Waals surface area contributed by atoms with Gasteiger partial charge in [-0.3, -0.25) is 19.0 Å². The predicted molar refractivity (Wildman–Crippen MR) is 126 cm³/mol. The van der Waals surface area contributed by atoms with Crippen LogP contribution in [0.15, 0.2) is 59.4 Å². The standard InChI is InChI=1S/C26H24FN3O4/c1-16-13-21(17(2)30(16)19-8-6-7-18(27)14-19)23(31)15-34-25(32)12-11-24-28-22-10-5-4-9-20(22)26(33)29(24)3/h4-10,13-14H,11-12,15H2,1-3H3. The number of hydrogen-bond acceptors (Lipinski definition) is 5. The number of ether oxygens (including phenoxy) is 1. The largest absolute Gasteiger partial charge is 0.457 e. The van der Waals surface area contributed by atoms with Gasteiger partial charge in [-0.1, -0.05) is 18.2 Å². The SMILES string of the molecule is Cc1cc(C(=O)COC(=O)CCc2nc3ccccc3c(=O)n2C)c(C)n1-c1cccc(F)c1. The number of ketones is 1. The van der Waals surface area contributed by atoms with Crippen LogP contribution in [-0.4, -0.2) is 32.5 Å². The zero-order valence-electron chi connectivity index (χ0n) is 19.2. The van der Waals surface area contributed by atoms with Crippen molar-refractivity contribution in [2.24, 2.45) is 7.05 Å². The second-order valence-electron chi connectivity index (χ2n) is 8.09. The number of aromatic nitrogens is 3. The molecule has 2 heterocycles. The Labute approximate surface area is 195 Å². The van der Waals surface area contributed by atoms with Gasteiger partial charge in [0.2, 0.25) is 5.78 Å². The van der Waals surface area contributed by atoms with Crippen LogP contribution in [0.2, 0.25) is 0 Å². The number of aryl methyl sites for hydroxylation is 2. The molecular weight excluding hydrogens is 437 g/mol. The Bertz CT molecular complexity index is 1470. The van der Waals surface area contributed by atoms with Crippen molar-refractivity contribution in [2.45, 2.75) is 26.7 Å². The van der Waals surface area contributed by atoms with E-state index in [9.17, 15) is 18.8 Å². The molecule has 0 unspecified atom stereocenters. The van der Waals surface area contributed by atoms with Crippen molar-refractivity contribution in [3.05, 3.63) is 93.5 Å². The monoisotopic (exact) mass is 461 g/mol. The normalized spacial score (nSPS) is 11.1. The first-order valence-corrected chi connectivity index (χ1v) is 10.8. The van der Waals surface area contributed by atoms with Gasteiger partial charge in [0.15, 0.2) is 6.61 Å². The second kappa shape index (κ2) is 9.43. The second-order valence-corrected chi connectivity index (χ2v) is 8.09. The highest BCUT2D eigenvalue weighted by molar-refractivity contribution is 5.99. The van der Waals surface area contributed by atoms with Crippen LogP contribution >= 0.6 is 0 Å². The van der Waals surface area contributed by atoms with E-state index in [1.165, 1.54) is 16.7 Å². The van der Waals surface area contributed by atoms with Gasteiger partial charge in [0.25, 0.3) is 5.56 Å². The number of halogens is 1. The van der Waals surface area contributed by atoms with Crippen LogP contribution in [0.25, 0.3) is 16.6 Å². The van der Waals surface area contributed by atoms with Crippen LogP contribution in [0.5, 0.6) is 0 Å². The van der Waals surface area contributed by atoms with Gasteiger partial charge in [-0.2, -0.15) is 0 Å². The van der Waals surface area contributed by atoms with E-state index in [-0.39, 0.29) is 30.0 Å². The van der Waals surface area contributed by atoms with Crippen LogP contribution in [0.3, 0.4) is 0 Å². The van der Waals surface area contributed by atoms with Crippen molar-refractivity contribution in [1.82, 2.24) is 14.1 Å². The van der Waals surface area contributed by atoms with Gasteiger partial charge in [-0.25, -0.2) is 9.37 Å². The van der Waals surface area contributed by atoms with E-state index in [0.29, 0.717) is 33.7 Å². The third-order valence-corrected chi connectivity index (χ3v) is 5.79. The van der Waals surface area contributed by atoms with Gasteiger partial charge in [-0.15, -0.1) is 0 Å². The van der Waals surface area contributed by atoms with Crippen LogP contribution in [0.1, 0.15) is 34.0 Å². The number of para-hydroxylation sites is 1. The fourth-order valence-electron chi connectivity index (χ4n) is 4.05. The molecule has 0 bridgehead atoms. The molecule has 0 aliphatic rings. The molecule has 0 spiro atoms. The van der Waals surface area contributed by atoms with E-state index in [1.54, 1.807) is 61.0 Å². The molecule has 2 aromatic carbocycles. The van der Waals surface area contributed by atoms with Gasteiger partial charge < -0.3 is 9.30 Å². The fourth-order valence-corrected chi connectivity index (χ4v) is 4.05. The van der Waals surface area contributed by atoms with Gasteiger partial charge in [-0.05, 0) is 50.2 Å². The van der Waals surface area contributed by atoms with Crippen molar-refractivity contribution in [2.75, 3.05) is 6.61 Å². The maximum absolute atomic E-state index is 13.6. The summed E-state index contributed by atoms with van der Waals surface area (Å²) in [5, 5.41) is 0.512. The maximum Gasteiger partial charge on any atom is 0.306 e. The Hall–Kier alpha value is -4.07. The van der Waals surface area contributed by atoms with E-state index in [0.717, 1.165) is 5.69 Å². The number of carbonyl (C=O) groups excluding carboxylic acids is 2. The Balaban J connectivity index is 1.41. The van der Waals surface area contributed by atoms with Crippen molar-refractivity contribution < 1.29 is 18.7 Å². The molecule has 4 aromatic rings. The van der Waals surface area contributed by atoms with E-state index < -0.39 is 12.6 Å². The van der Waals surface area contributed by atoms with Crippen molar-refractivity contribution >= 4 is 22.7 Å². The number of benzene rings is 2. The third kappa shape index (κ3) is 4.52. The fraction of sp³-hybridized carbons (Fsp3) is 0.231. The summed E-state index contributed by atoms with van der Waals surface area (Å²) in [7, 11) is 1.61. The third-order valence-electron chi connectivity index (χ3n) is 5.79. The lowest BCUT2D eigenvalue weighted by molar-refractivity contribution is -0.142. The summed E-state index contributed by atoms with van der Waals surface area (Å²) in [5.41, 5.74) is 2.81. The number of hydrogen-bond donors (Lipinski definition) is 0. The minimum atomic E-state index is -0.560. The first-order chi connectivity index (χ1) is 16.3. The quantitative estimate of drug-likeness (QED) is 0.309. The number of Topliss-reactive ketones (excluding diaryl/α,β-unsaturated/α-hetero) is 1. The molecule has 0 aliphatic heterocycles. The topological polar surface area (TPSA) is 83.2 Å². The summed E-state index contributed by atoms with van der Waals surface area (Å²) >= 11 is 0. The highest BCUT2D eigenvalue weighted by atomic mass is 19.1. The molecule has 2 aromatic heterocycles. The van der Waals surface area contributed by atoms with Gasteiger partial charge in [0, 0.05) is 36.1 Å². The number of esters is 1. The van der Waals surface area contributed by atoms with Gasteiger partial charge >= 0.3 is 5.97 Å². The molecule has 34 heavy (non-hydrogen) atoms. The van der Waals surface area contributed by atoms with E-state index in [2.05, 4.69) is 4.98 Å². The number of fused-ring (bicyclic) bond motifs is 1. The van der Waals surface area contributed by atoms with Crippen molar-refractivity contribution in [3.8, 4) is 5.69 Å².